The van der Waals surface area contributed by atoms with E-state index in [1.807, 2.05) is 48.5 Å². The molecule has 4 heteroatoms. The first-order valence-electron chi connectivity index (χ1n) is 15.0. The molecule has 0 saturated carbocycles. The number of nitrogens with zero attached hydrogens (tertiary/aromatic N) is 2. The quantitative estimate of drug-likeness (QED) is 0.204. The third-order valence-electron chi connectivity index (χ3n) is 8.48. The van der Waals surface area contributed by atoms with Crippen molar-refractivity contribution in [2.45, 2.75) is 0 Å². The van der Waals surface area contributed by atoms with Crippen LogP contribution in [0.4, 0.5) is 17.1 Å². The van der Waals surface area contributed by atoms with E-state index in [0.29, 0.717) is 5.89 Å². The summed E-state index contributed by atoms with van der Waals surface area (Å²) in [5.41, 5.74) is 9.63. The highest BCUT2D eigenvalue weighted by molar-refractivity contribution is 6.12. The van der Waals surface area contributed by atoms with Gasteiger partial charge >= 0.3 is 0 Å². The van der Waals surface area contributed by atoms with Crippen molar-refractivity contribution in [1.82, 2.24) is 4.98 Å². The molecule has 45 heavy (non-hydrogen) atoms. The Balaban J connectivity index is 1.20. The Morgan fingerprint density at radius 3 is 2.09 bits per heavy atom. The van der Waals surface area contributed by atoms with Crippen molar-refractivity contribution in [3.05, 3.63) is 158 Å². The van der Waals surface area contributed by atoms with Crippen LogP contribution in [0.2, 0.25) is 0 Å². The largest absolute Gasteiger partial charge is 0.456 e. The van der Waals surface area contributed by atoms with Gasteiger partial charge in [0.05, 0.1) is 0 Å². The van der Waals surface area contributed by atoms with Crippen LogP contribution in [-0.2, 0) is 0 Å². The summed E-state index contributed by atoms with van der Waals surface area (Å²) in [5, 5.41) is 4.48. The van der Waals surface area contributed by atoms with Gasteiger partial charge in [-0.1, -0.05) is 91.0 Å². The second-order valence-corrected chi connectivity index (χ2v) is 11.2. The second-order valence-electron chi connectivity index (χ2n) is 11.2. The molecule has 212 valence electrons. The molecular weight excluding hydrogens is 552 g/mol. The van der Waals surface area contributed by atoms with Gasteiger partial charge in [0.25, 0.3) is 0 Å². The van der Waals surface area contributed by atoms with Crippen molar-refractivity contribution < 1.29 is 8.83 Å². The molecule has 9 aromatic rings. The molecule has 0 aliphatic carbocycles. The molecule has 0 aliphatic rings. The van der Waals surface area contributed by atoms with Gasteiger partial charge in [-0.2, -0.15) is 0 Å². The van der Waals surface area contributed by atoms with Crippen LogP contribution < -0.4 is 4.90 Å². The van der Waals surface area contributed by atoms with Crippen LogP contribution in [0.15, 0.2) is 167 Å². The summed E-state index contributed by atoms with van der Waals surface area (Å²) >= 11 is 0. The Bertz CT molecular complexity index is 2470. The zero-order chi connectivity index (χ0) is 29.7. The maximum absolute atomic E-state index is 6.50. The van der Waals surface area contributed by atoms with Crippen LogP contribution in [0.1, 0.15) is 0 Å². The van der Waals surface area contributed by atoms with Crippen LogP contribution in [-0.4, -0.2) is 4.98 Å². The average molecular weight is 579 g/mol. The minimum Gasteiger partial charge on any atom is -0.456 e. The number of rotatable bonds is 5. The molecule has 0 amide bonds. The lowest BCUT2D eigenvalue weighted by molar-refractivity contribution is 0.620. The molecule has 0 bridgehead atoms. The maximum Gasteiger partial charge on any atom is 0.228 e. The molecule has 0 fully saturated rings. The van der Waals surface area contributed by atoms with E-state index in [-0.39, 0.29) is 0 Å². The minimum absolute atomic E-state index is 0.588. The van der Waals surface area contributed by atoms with E-state index >= 15 is 0 Å². The van der Waals surface area contributed by atoms with Gasteiger partial charge in [-0.15, -0.1) is 0 Å². The summed E-state index contributed by atoms with van der Waals surface area (Å²) in [7, 11) is 0. The fraction of sp³-hybridized carbons (Fsp3) is 0. The van der Waals surface area contributed by atoms with Gasteiger partial charge in [0, 0.05) is 39.5 Å². The van der Waals surface area contributed by atoms with Crippen LogP contribution >= 0.6 is 0 Å². The molecule has 2 heterocycles. The SMILES string of the molecule is c1ccc(N(c2cccc(-c3cccc4ccccc34)c2)c2ccc3c(c2)oc2cccc(-c4nc5ccccc5o4)c23)cc1. The van der Waals surface area contributed by atoms with Gasteiger partial charge in [0.1, 0.15) is 16.7 Å². The number of fused-ring (bicyclic) bond motifs is 5. The van der Waals surface area contributed by atoms with E-state index in [1.165, 1.54) is 16.3 Å². The number of hydrogen-bond acceptors (Lipinski definition) is 4. The summed E-state index contributed by atoms with van der Waals surface area (Å²) in [6.45, 7) is 0. The minimum atomic E-state index is 0.588. The van der Waals surface area contributed by atoms with Gasteiger partial charge in [0.2, 0.25) is 5.89 Å². The Labute approximate surface area is 259 Å². The number of benzene rings is 7. The third-order valence-corrected chi connectivity index (χ3v) is 8.48. The predicted octanol–water partition coefficient (Wildman–Crippen LogP) is 11.7. The van der Waals surface area contributed by atoms with Gasteiger partial charge in [-0.3, -0.25) is 0 Å². The van der Waals surface area contributed by atoms with Crippen LogP contribution in [0.5, 0.6) is 0 Å². The van der Waals surface area contributed by atoms with Gasteiger partial charge < -0.3 is 13.7 Å². The van der Waals surface area contributed by atoms with Crippen molar-refractivity contribution >= 4 is 60.9 Å². The standard InChI is InChI=1S/C41H26N2O2/c1-2-14-29(15-3-1)43(30-16-8-13-28(25-30)33-18-9-12-27-11-4-5-17-32(27)33)31-23-24-34-39(26-31)44-38-22-10-19-35(40(34)38)41-42-36-20-6-7-21-37(36)45-41/h1-26H. The van der Waals surface area contributed by atoms with Crippen LogP contribution in [0, 0.1) is 0 Å². The number of para-hydroxylation sites is 3. The fourth-order valence-corrected chi connectivity index (χ4v) is 6.43. The van der Waals surface area contributed by atoms with Crippen molar-refractivity contribution in [1.29, 1.82) is 0 Å². The normalized spacial score (nSPS) is 11.6. The Morgan fingerprint density at radius 2 is 1.16 bits per heavy atom. The molecule has 0 aliphatic heterocycles. The highest BCUT2D eigenvalue weighted by atomic mass is 16.3. The van der Waals surface area contributed by atoms with E-state index in [2.05, 4.69) is 114 Å². The summed E-state index contributed by atoms with van der Waals surface area (Å²) in [6, 6.07) is 54.6. The molecule has 4 nitrogen and oxygen atoms in total. The van der Waals surface area contributed by atoms with E-state index in [0.717, 1.165) is 61.2 Å². The van der Waals surface area contributed by atoms with Gasteiger partial charge in [-0.25, -0.2) is 4.98 Å². The summed E-state index contributed by atoms with van der Waals surface area (Å²) < 4.78 is 12.7. The third kappa shape index (κ3) is 4.27. The number of aromatic nitrogens is 1. The highest BCUT2D eigenvalue weighted by Gasteiger charge is 2.19. The first-order chi connectivity index (χ1) is 22.3. The predicted molar refractivity (Wildman–Crippen MR) is 184 cm³/mol. The Hall–Kier alpha value is -6.13. The van der Waals surface area contributed by atoms with E-state index in [1.54, 1.807) is 0 Å². The summed E-state index contributed by atoms with van der Waals surface area (Å²) in [4.78, 5) is 7.06. The molecule has 0 radical (unpaired) electrons. The molecule has 9 rings (SSSR count). The fourth-order valence-electron chi connectivity index (χ4n) is 6.43. The smallest absolute Gasteiger partial charge is 0.228 e. The molecule has 0 N–H and O–H groups in total. The lowest BCUT2D eigenvalue weighted by Gasteiger charge is -2.26. The molecule has 0 spiro atoms. The lowest BCUT2D eigenvalue weighted by Crippen LogP contribution is -2.09. The van der Waals surface area contributed by atoms with Crippen molar-refractivity contribution in [2.75, 3.05) is 4.90 Å². The van der Waals surface area contributed by atoms with Crippen molar-refractivity contribution in [2.24, 2.45) is 0 Å². The number of hydrogen-bond donors (Lipinski definition) is 0. The number of anilines is 3. The second kappa shape index (κ2) is 10.2. The highest BCUT2D eigenvalue weighted by Crippen LogP contribution is 2.42. The molecule has 0 atom stereocenters. The van der Waals surface area contributed by atoms with Gasteiger partial charge in [0.15, 0.2) is 5.58 Å². The molecule has 0 unspecified atom stereocenters. The monoisotopic (exact) mass is 578 g/mol. The molecular formula is C41H26N2O2. The summed E-state index contributed by atoms with van der Waals surface area (Å²) in [5.74, 6) is 0.588. The first-order valence-corrected chi connectivity index (χ1v) is 15.0. The number of oxazole rings is 1. The maximum atomic E-state index is 6.50. The molecule has 2 aromatic heterocycles. The van der Waals surface area contributed by atoms with E-state index < -0.39 is 0 Å². The average Bonchev–Trinajstić information content (AvgIpc) is 3.70. The Kier molecular flexibility index (Phi) is 5.78. The molecule has 7 aromatic carbocycles. The zero-order valence-electron chi connectivity index (χ0n) is 24.2. The van der Waals surface area contributed by atoms with Crippen LogP contribution in [0.25, 0.3) is 66.4 Å². The Morgan fingerprint density at radius 1 is 0.444 bits per heavy atom. The van der Waals surface area contributed by atoms with Gasteiger partial charge in [-0.05, 0) is 82.6 Å². The van der Waals surface area contributed by atoms with Crippen molar-refractivity contribution in [3.8, 4) is 22.6 Å². The lowest BCUT2D eigenvalue weighted by atomic mass is 9.97. The van der Waals surface area contributed by atoms with Crippen molar-refractivity contribution in [3.63, 3.8) is 0 Å². The summed E-state index contributed by atoms with van der Waals surface area (Å²) in [6.07, 6.45) is 0. The van der Waals surface area contributed by atoms with E-state index in [9.17, 15) is 0 Å². The molecule has 0 saturated heterocycles. The van der Waals surface area contributed by atoms with E-state index in [4.69, 9.17) is 13.8 Å². The van der Waals surface area contributed by atoms with Crippen LogP contribution in [0.3, 0.4) is 0 Å². The number of furan rings is 1. The first kappa shape index (κ1) is 25.4. The zero-order valence-corrected chi connectivity index (χ0v) is 24.2. The topological polar surface area (TPSA) is 42.4 Å².